The molecule has 4 fully saturated rings. The highest BCUT2D eigenvalue weighted by Gasteiger charge is 2.54. The van der Waals surface area contributed by atoms with Gasteiger partial charge in [-0.05, 0) is 91.8 Å². The topological polar surface area (TPSA) is 0 Å². The summed E-state index contributed by atoms with van der Waals surface area (Å²) in [6.45, 7) is 7.67. The highest BCUT2D eigenvalue weighted by molar-refractivity contribution is 5.07. The van der Waals surface area contributed by atoms with Crippen LogP contribution in [-0.4, -0.2) is 0 Å². The zero-order chi connectivity index (χ0) is 13.9. The molecule has 0 aromatic carbocycles. The summed E-state index contributed by atoms with van der Waals surface area (Å²) in [6.07, 6.45) is 15.0. The molecule has 0 N–H and O–H groups in total. The van der Waals surface area contributed by atoms with Gasteiger partial charge in [0.1, 0.15) is 0 Å². The lowest BCUT2D eigenvalue weighted by Crippen LogP contribution is -2.52. The Hall–Kier alpha value is 0. The highest BCUT2D eigenvalue weighted by atomic mass is 14.6. The van der Waals surface area contributed by atoms with Gasteiger partial charge in [0, 0.05) is 0 Å². The van der Waals surface area contributed by atoms with E-state index in [1.807, 2.05) is 0 Å². The van der Waals surface area contributed by atoms with Crippen LogP contribution in [0.2, 0.25) is 0 Å². The van der Waals surface area contributed by atoms with Crippen LogP contribution in [-0.2, 0) is 0 Å². The Morgan fingerprint density at radius 2 is 1.55 bits per heavy atom. The minimum Gasteiger partial charge on any atom is -0.0617 e. The largest absolute Gasteiger partial charge is 0.0617 e. The maximum atomic E-state index is 2.66. The van der Waals surface area contributed by atoms with E-state index in [1.165, 1.54) is 6.42 Å². The Bertz CT molecular complexity index is 368. The molecule has 0 spiro atoms. The molecular weight excluding hydrogens is 240 g/mol. The van der Waals surface area contributed by atoms with Crippen molar-refractivity contribution >= 4 is 0 Å². The van der Waals surface area contributed by atoms with Crippen LogP contribution in [0.1, 0.15) is 72.1 Å². The number of rotatable bonds is 0. The first-order chi connectivity index (χ1) is 9.59. The molecule has 113 valence electrons. The Morgan fingerprint density at radius 1 is 0.800 bits per heavy atom. The van der Waals surface area contributed by atoms with Crippen LogP contribution in [0.3, 0.4) is 0 Å². The monoisotopic (exact) mass is 273 g/mol. The normalized spacial score (nSPS) is 53.9. The lowest BCUT2D eigenvalue weighted by atomic mass is 9.46. The third-order valence-corrected chi connectivity index (χ3v) is 8.35. The summed E-state index contributed by atoms with van der Waals surface area (Å²) >= 11 is 0. The summed E-state index contributed by atoms with van der Waals surface area (Å²) in [5.41, 5.74) is 0.553. The fourth-order valence-corrected chi connectivity index (χ4v) is 7.15. The van der Waals surface area contributed by atoms with Gasteiger partial charge >= 0.3 is 0 Å². The summed E-state index contributed by atoms with van der Waals surface area (Å²) in [4.78, 5) is 0. The number of hydrogen-bond donors (Lipinski definition) is 0. The molecule has 0 aromatic rings. The van der Waals surface area contributed by atoms with Crippen molar-refractivity contribution in [3.05, 3.63) is 6.42 Å². The van der Waals surface area contributed by atoms with Gasteiger partial charge in [-0.25, -0.2) is 0 Å². The first-order valence-electron chi connectivity index (χ1n) is 9.42. The van der Waals surface area contributed by atoms with Crippen molar-refractivity contribution in [3.8, 4) is 0 Å². The van der Waals surface area contributed by atoms with E-state index in [0.717, 1.165) is 41.4 Å². The summed E-state index contributed by atoms with van der Waals surface area (Å²) in [5, 5.41) is 0. The second-order valence-corrected chi connectivity index (χ2v) is 9.20. The van der Waals surface area contributed by atoms with Crippen molar-refractivity contribution in [1.29, 1.82) is 0 Å². The van der Waals surface area contributed by atoms with E-state index < -0.39 is 0 Å². The van der Waals surface area contributed by atoms with Crippen LogP contribution >= 0.6 is 0 Å². The van der Waals surface area contributed by atoms with E-state index in [2.05, 4.69) is 27.2 Å². The molecule has 0 nitrogen and oxygen atoms in total. The van der Waals surface area contributed by atoms with E-state index in [1.54, 1.807) is 44.9 Å². The highest BCUT2D eigenvalue weighted by Crippen LogP contribution is 2.62. The van der Waals surface area contributed by atoms with E-state index in [4.69, 9.17) is 0 Å². The Balaban J connectivity index is 1.63. The lowest BCUT2D eigenvalue weighted by Gasteiger charge is -2.59. The molecule has 4 saturated carbocycles. The minimum absolute atomic E-state index is 0.553. The van der Waals surface area contributed by atoms with E-state index in [0.29, 0.717) is 5.41 Å². The Morgan fingerprint density at radius 3 is 2.40 bits per heavy atom. The van der Waals surface area contributed by atoms with Crippen molar-refractivity contribution in [2.45, 2.75) is 72.1 Å². The van der Waals surface area contributed by atoms with Crippen LogP contribution in [0.5, 0.6) is 0 Å². The first-order valence-corrected chi connectivity index (χ1v) is 9.42. The van der Waals surface area contributed by atoms with Crippen LogP contribution < -0.4 is 0 Å². The average Bonchev–Trinajstić information content (AvgIpc) is 2.91. The molecule has 1 radical (unpaired) electrons. The predicted octanol–water partition coefficient (Wildman–Crippen LogP) is 5.73. The molecule has 4 aliphatic rings. The number of hydrogen-bond acceptors (Lipinski definition) is 0. The molecule has 4 rings (SSSR count). The van der Waals surface area contributed by atoms with Gasteiger partial charge in [0.05, 0.1) is 0 Å². The fourth-order valence-electron chi connectivity index (χ4n) is 7.15. The van der Waals surface area contributed by atoms with Gasteiger partial charge < -0.3 is 0 Å². The van der Waals surface area contributed by atoms with Gasteiger partial charge in [0.25, 0.3) is 0 Å². The van der Waals surface area contributed by atoms with Crippen molar-refractivity contribution in [3.63, 3.8) is 0 Å². The molecule has 0 saturated heterocycles. The third-order valence-electron chi connectivity index (χ3n) is 8.35. The smallest absolute Gasteiger partial charge is 0.0292 e. The van der Waals surface area contributed by atoms with Gasteiger partial charge in [-0.3, -0.25) is 0 Å². The van der Waals surface area contributed by atoms with Crippen molar-refractivity contribution in [1.82, 2.24) is 0 Å². The molecule has 7 atom stereocenters. The molecule has 0 heteroatoms. The van der Waals surface area contributed by atoms with E-state index >= 15 is 0 Å². The SMILES string of the molecule is CC1[CH]CC2CCC3C4CCCC4CCC3C2C1(C)C. The van der Waals surface area contributed by atoms with Crippen LogP contribution in [0.4, 0.5) is 0 Å². The van der Waals surface area contributed by atoms with Crippen molar-refractivity contribution in [2.24, 2.45) is 46.8 Å². The average molecular weight is 273 g/mol. The van der Waals surface area contributed by atoms with Gasteiger partial charge in [0.15, 0.2) is 0 Å². The van der Waals surface area contributed by atoms with E-state index in [9.17, 15) is 0 Å². The fraction of sp³-hybridized carbons (Fsp3) is 0.950. The van der Waals surface area contributed by atoms with Gasteiger partial charge in [-0.15, -0.1) is 0 Å². The molecule has 0 aromatic heterocycles. The molecule has 0 amide bonds. The Labute approximate surface area is 126 Å². The molecule has 0 heterocycles. The lowest BCUT2D eigenvalue weighted by molar-refractivity contribution is -0.0845. The molecule has 4 aliphatic carbocycles. The third kappa shape index (κ3) is 1.85. The summed E-state index contributed by atoms with van der Waals surface area (Å²) in [5.74, 6) is 7.34. The Kier molecular flexibility index (Phi) is 3.24. The second kappa shape index (κ2) is 4.75. The summed E-state index contributed by atoms with van der Waals surface area (Å²) in [7, 11) is 0. The van der Waals surface area contributed by atoms with Gasteiger partial charge in [-0.2, -0.15) is 0 Å². The van der Waals surface area contributed by atoms with E-state index in [-0.39, 0.29) is 0 Å². The quantitative estimate of drug-likeness (QED) is 0.529. The maximum absolute atomic E-state index is 2.66. The van der Waals surface area contributed by atoms with Gasteiger partial charge in [0.2, 0.25) is 0 Å². The zero-order valence-corrected chi connectivity index (χ0v) is 13.8. The zero-order valence-electron chi connectivity index (χ0n) is 13.8. The number of fused-ring (bicyclic) bond motifs is 5. The summed E-state index contributed by atoms with van der Waals surface area (Å²) < 4.78 is 0. The maximum Gasteiger partial charge on any atom is -0.0292 e. The summed E-state index contributed by atoms with van der Waals surface area (Å²) in [6, 6.07) is 0. The predicted molar refractivity (Wildman–Crippen MR) is 85.1 cm³/mol. The second-order valence-electron chi connectivity index (χ2n) is 9.20. The molecule has 0 aliphatic heterocycles. The molecular formula is C20H33. The minimum atomic E-state index is 0.553. The van der Waals surface area contributed by atoms with Crippen LogP contribution in [0.15, 0.2) is 0 Å². The first kappa shape index (κ1) is 13.6. The van der Waals surface area contributed by atoms with Crippen molar-refractivity contribution < 1.29 is 0 Å². The van der Waals surface area contributed by atoms with Crippen LogP contribution in [0.25, 0.3) is 0 Å². The van der Waals surface area contributed by atoms with Crippen LogP contribution in [0, 0.1) is 53.3 Å². The standard InChI is InChI=1S/C20H33/c1-13-7-8-15-10-11-17-16-6-4-5-14(16)9-12-18(17)19(15)20(13,2)3/h7,13-19H,4-6,8-12H2,1-3H3. The van der Waals surface area contributed by atoms with Gasteiger partial charge in [-0.1, -0.05) is 33.6 Å². The molecule has 20 heavy (non-hydrogen) atoms. The molecule has 0 bridgehead atoms. The van der Waals surface area contributed by atoms with Crippen molar-refractivity contribution in [2.75, 3.05) is 0 Å². The molecule has 7 unspecified atom stereocenters.